The maximum atomic E-state index is 12.8. The summed E-state index contributed by atoms with van der Waals surface area (Å²) < 4.78 is 4.77. The number of rotatable bonds is 9. The van der Waals surface area contributed by atoms with E-state index in [9.17, 15) is 14.4 Å². The molecule has 180 valence electrons. The van der Waals surface area contributed by atoms with E-state index in [-0.39, 0.29) is 11.8 Å². The number of nitrogens with zero attached hydrogens (tertiary/aromatic N) is 3. The number of carbonyl (C=O) groups is 3. The molecule has 1 unspecified atom stereocenters. The molecule has 1 heterocycles. The third-order valence-corrected chi connectivity index (χ3v) is 5.80. The smallest absolute Gasteiger partial charge is 0.337 e. The summed E-state index contributed by atoms with van der Waals surface area (Å²) in [6.45, 7) is 5.07. The van der Waals surface area contributed by atoms with Crippen LogP contribution in [0.3, 0.4) is 0 Å². The van der Waals surface area contributed by atoms with E-state index < -0.39 is 11.9 Å². The highest BCUT2D eigenvalue weighted by molar-refractivity contribution is 6.19. The van der Waals surface area contributed by atoms with Crippen LogP contribution in [0.4, 0.5) is 17.1 Å². The van der Waals surface area contributed by atoms with Gasteiger partial charge in [-0.25, -0.2) is 4.79 Å². The van der Waals surface area contributed by atoms with Crippen LogP contribution in [0.2, 0.25) is 0 Å². The first-order chi connectivity index (χ1) is 16.2. The first-order valence-corrected chi connectivity index (χ1v) is 11.4. The Labute approximate surface area is 200 Å². The molecule has 1 aliphatic rings. The lowest BCUT2D eigenvalue weighted by Gasteiger charge is -2.22. The summed E-state index contributed by atoms with van der Waals surface area (Å²) in [5.74, 6) is -1.15. The summed E-state index contributed by atoms with van der Waals surface area (Å²) in [4.78, 5) is 45.4. The van der Waals surface area contributed by atoms with Gasteiger partial charge in [-0.3, -0.25) is 14.6 Å². The minimum absolute atomic E-state index is 0.00480. The number of methoxy groups -OCH3 is 1. The van der Waals surface area contributed by atoms with Gasteiger partial charge in [0.2, 0.25) is 11.8 Å². The van der Waals surface area contributed by atoms with Gasteiger partial charge >= 0.3 is 5.97 Å². The van der Waals surface area contributed by atoms with Gasteiger partial charge in [-0.05, 0) is 75.4 Å². The van der Waals surface area contributed by atoms with Crippen molar-refractivity contribution in [3.8, 4) is 0 Å². The van der Waals surface area contributed by atoms with E-state index in [0.717, 1.165) is 29.9 Å². The molecule has 0 saturated carbocycles. The zero-order valence-corrected chi connectivity index (χ0v) is 20.4. The zero-order valence-electron chi connectivity index (χ0n) is 20.4. The maximum absolute atomic E-state index is 12.8. The molecule has 0 aliphatic carbocycles. The van der Waals surface area contributed by atoms with Gasteiger partial charge < -0.3 is 19.9 Å². The van der Waals surface area contributed by atoms with Gasteiger partial charge in [0.1, 0.15) is 5.92 Å². The fourth-order valence-electron chi connectivity index (χ4n) is 4.07. The van der Waals surface area contributed by atoms with Gasteiger partial charge in [-0.15, -0.1) is 0 Å². The highest BCUT2D eigenvalue weighted by atomic mass is 16.5. The molecule has 0 spiro atoms. The van der Waals surface area contributed by atoms with E-state index >= 15 is 0 Å². The van der Waals surface area contributed by atoms with Gasteiger partial charge in [-0.1, -0.05) is 13.0 Å². The van der Waals surface area contributed by atoms with Gasteiger partial charge in [0.25, 0.3) is 0 Å². The molecular formula is C26H32N4O4. The number of nitrogens with one attached hydrogen (secondary N) is 1. The molecule has 2 aromatic carbocycles. The number of hydrogen-bond donors (Lipinski definition) is 1. The monoisotopic (exact) mass is 464 g/mol. The molecule has 0 fully saturated rings. The Bertz CT molecular complexity index is 1090. The van der Waals surface area contributed by atoms with Crippen LogP contribution in [-0.2, 0) is 14.3 Å². The van der Waals surface area contributed by atoms with Crippen molar-refractivity contribution in [1.29, 1.82) is 0 Å². The van der Waals surface area contributed by atoms with Crippen LogP contribution < -0.4 is 10.2 Å². The van der Waals surface area contributed by atoms with Crippen LogP contribution >= 0.6 is 0 Å². The standard InChI is InChI=1S/C26H32N4O4/c1-6-22(24-21-13-8-18(26(33)34-5)16-23(21)28-25(24)32)27-19-9-11-20(12-10-19)30(17(2)31)15-7-14-29(3)4/h8-13,16,24H,6-7,14-15H2,1-5H3,(H,28,32). The number of aliphatic imine (C=N–C) groups is 1. The Morgan fingerprint density at radius 2 is 1.79 bits per heavy atom. The largest absolute Gasteiger partial charge is 0.465 e. The SMILES string of the molecule is CCC(=Nc1ccc(N(CCCN(C)C)C(C)=O)cc1)C1C(=O)Nc2cc(C(=O)OC)ccc21. The number of fused-ring (bicyclic) bond motifs is 1. The summed E-state index contributed by atoms with van der Waals surface area (Å²) >= 11 is 0. The van der Waals surface area contributed by atoms with Crippen molar-refractivity contribution in [2.45, 2.75) is 32.6 Å². The minimum atomic E-state index is -0.522. The van der Waals surface area contributed by atoms with Crippen LogP contribution in [0.15, 0.2) is 47.5 Å². The molecular weight excluding hydrogens is 432 g/mol. The molecule has 8 heteroatoms. The van der Waals surface area contributed by atoms with Gasteiger partial charge in [0, 0.05) is 30.6 Å². The fraction of sp³-hybridized carbons (Fsp3) is 0.385. The molecule has 0 saturated heterocycles. The average molecular weight is 465 g/mol. The topological polar surface area (TPSA) is 91.3 Å². The van der Waals surface area contributed by atoms with Crippen molar-refractivity contribution >= 4 is 40.6 Å². The summed E-state index contributed by atoms with van der Waals surface area (Å²) in [7, 11) is 5.35. The Hall–Kier alpha value is -3.52. The van der Waals surface area contributed by atoms with Crippen molar-refractivity contribution in [1.82, 2.24) is 4.90 Å². The molecule has 34 heavy (non-hydrogen) atoms. The Morgan fingerprint density at radius 1 is 1.09 bits per heavy atom. The van der Waals surface area contributed by atoms with Gasteiger partial charge in [0.05, 0.1) is 18.4 Å². The predicted molar refractivity (Wildman–Crippen MR) is 134 cm³/mol. The lowest BCUT2D eigenvalue weighted by atomic mass is 9.93. The molecule has 1 aliphatic heterocycles. The van der Waals surface area contributed by atoms with E-state index in [1.54, 1.807) is 30.0 Å². The third-order valence-electron chi connectivity index (χ3n) is 5.80. The maximum Gasteiger partial charge on any atom is 0.337 e. The van der Waals surface area contributed by atoms with Crippen LogP contribution in [0.1, 0.15) is 48.5 Å². The van der Waals surface area contributed by atoms with Crippen molar-refractivity contribution < 1.29 is 19.1 Å². The first kappa shape index (κ1) is 25.1. The van der Waals surface area contributed by atoms with Crippen LogP contribution in [0.5, 0.6) is 0 Å². The zero-order chi connectivity index (χ0) is 24.8. The normalized spacial score (nSPS) is 15.2. The summed E-state index contributed by atoms with van der Waals surface area (Å²) in [6, 6.07) is 12.6. The Kier molecular flexibility index (Phi) is 8.17. The predicted octanol–water partition coefficient (Wildman–Crippen LogP) is 4.00. The summed E-state index contributed by atoms with van der Waals surface area (Å²) in [5.41, 5.74) is 4.03. The van der Waals surface area contributed by atoms with Crippen molar-refractivity contribution in [3.63, 3.8) is 0 Å². The number of esters is 1. The number of benzene rings is 2. The Morgan fingerprint density at radius 3 is 2.38 bits per heavy atom. The first-order valence-electron chi connectivity index (χ1n) is 11.4. The van der Waals surface area contributed by atoms with Gasteiger partial charge in [0.15, 0.2) is 0 Å². The summed E-state index contributed by atoms with van der Waals surface area (Å²) in [6.07, 6.45) is 1.46. The molecule has 2 amide bonds. The van der Waals surface area contributed by atoms with Crippen molar-refractivity contribution in [3.05, 3.63) is 53.6 Å². The van der Waals surface area contributed by atoms with E-state index in [0.29, 0.717) is 29.9 Å². The number of hydrogen-bond acceptors (Lipinski definition) is 6. The molecule has 1 atom stereocenters. The quantitative estimate of drug-likeness (QED) is 0.447. The molecule has 1 N–H and O–H groups in total. The molecule has 0 aromatic heterocycles. The molecule has 8 nitrogen and oxygen atoms in total. The van der Waals surface area contributed by atoms with Crippen LogP contribution in [0, 0.1) is 0 Å². The van der Waals surface area contributed by atoms with E-state index in [1.165, 1.54) is 7.11 Å². The molecule has 2 aromatic rings. The number of carbonyl (C=O) groups excluding carboxylic acids is 3. The highest BCUT2D eigenvalue weighted by Gasteiger charge is 2.34. The number of ether oxygens (including phenoxy) is 1. The fourth-order valence-corrected chi connectivity index (χ4v) is 4.07. The Balaban J connectivity index is 1.83. The highest BCUT2D eigenvalue weighted by Crippen LogP contribution is 2.36. The van der Waals surface area contributed by atoms with Gasteiger partial charge in [-0.2, -0.15) is 0 Å². The van der Waals surface area contributed by atoms with E-state index in [4.69, 9.17) is 9.73 Å². The molecule has 3 rings (SSSR count). The minimum Gasteiger partial charge on any atom is -0.465 e. The van der Waals surface area contributed by atoms with Crippen molar-refractivity contribution in [2.75, 3.05) is 44.5 Å². The van der Waals surface area contributed by atoms with Crippen LogP contribution in [0.25, 0.3) is 0 Å². The molecule has 0 bridgehead atoms. The van der Waals surface area contributed by atoms with Crippen molar-refractivity contribution in [2.24, 2.45) is 4.99 Å². The lowest BCUT2D eigenvalue weighted by Crippen LogP contribution is -2.31. The van der Waals surface area contributed by atoms with E-state index in [2.05, 4.69) is 10.2 Å². The second-order valence-corrected chi connectivity index (χ2v) is 8.52. The summed E-state index contributed by atoms with van der Waals surface area (Å²) in [5, 5.41) is 2.86. The number of anilines is 2. The molecule has 0 radical (unpaired) electrons. The lowest BCUT2D eigenvalue weighted by molar-refractivity contribution is -0.117. The third kappa shape index (κ3) is 5.69. The average Bonchev–Trinajstić information content (AvgIpc) is 3.14. The second kappa shape index (κ2) is 11.1. The second-order valence-electron chi connectivity index (χ2n) is 8.52. The number of amides is 2. The van der Waals surface area contributed by atoms with Crippen LogP contribution in [-0.4, -0.2) is 62.7 Å². The van der Waals surface area contributed by atoms with E-state index in [1.807, 2.05) is 45.3 Å².